The monoisotopic (exact) mass is 315 g/mol. The van der Waals surface area contributed by atoms with Crippen molar-refractivity contribution in [3.63, 3.8) is 0 Å². The third kappa shape index (κ3) is 4.50. The number of carbonyl (C=O) groups excluding carboxylic acids is 1. The standard InChI is InChI=1S/C16H17N3O4/c1-23-14-5-3-2-4-11(14)6-12(16(21)22)9-19-15(20)13-7-17-10-18-8-13/h2-5,7-8,10,12H,6,9H2,1H3,(H,19,20)(H,21,22). The van der Waals surface area contributed by atoms with Gasteiger partial charge in [-0.1, -0.05) is 18.2 Å². The van der Waals surface area contributed by atoms with Crippen molar-refractivity contribution in [3.05, 3.63) is 54.1 Å². The van der Waals surface area contributed by atoms with Crippen LogP contribution in [0.5, 0.6) is 5.75 Å². The third-order valence-corrected chi connectivity index (χ3v) is 3.34. The molecule has 0 aliphatic rings. The number of aliphatic carboxylic acids is 1. The summed E-state index contributed by atoms with van der Waals surface area (Å²) < 4.78 is 5.22. The van der Waals surface area contributed by atoms with Gasteiger partial charge >= 0.3 is 5.97 Å². The third-order valence-electron chi connectivity index (χ3n) is 3.34. The number of nitrogens with zero attached hydrogens (tertiary/aromatic N) is 2. The zero-order chi connectivity index (χ0) is 16.7. The number of nitrogens with one attached hydrogen (secondary N) is 1. The van der Waals surface area contributed by atoms with Gasteiger partial charge in [-0.05, 0) is 18.1 Å². The lowest BCUT2D eigenvalue weighted by Gasteiger charge is -2.15. The Balaban J connectivity index is 2.02. The highest BCUT2D eigenvalue weighted by molar-refractivity contribution is 5.93. The molecular formula is C16H17N3O4. The molecule has 1 heterocycles. The summed E-state index contributed by atoms with van der Waals surface area (Å²) in [4.78, 5) is 30.9. The van der Waals surface area contributed by atoms with Crippen LogP contribution in [-0.4, -0.2) is 40.6 Å². The van der Waals surface area contributed by atoms with Crippen LogP contribution in [0.2, 0.25) is 0 Å². The van der Waals surface area contributed by atoms with Gasteiger partial charge in [0.1, 0.15) is 12.1 Å². The van der Waals surface area contributed by atoms with Crippen LogP contribution in [-0.2, 0) is 11.2 Å². The molecule has 0 saturated carbocycles. The maximum Gasteiger partial charge on any atom is 0.308 e. The summed E-state index contributed by atoms with van der Waals surface area (Å²) >= 11 is 0. The van der Waals surface area contributed by atoms with E-state index in [2.05, 4.69) is 15.3 Å². The normalized spacial score (nSPS) is 11.5. The van der Waals surface area contributed by atoms with Gasteiger partial charge < -0.3 is 15.2 Å². The average molecular weight is 315 g/mol. The number of benzene rings is 1. The molecule has 23 heavy (non-hydrogen) atoms. The molecule has 0 bridgehead atoms. The first-order valence-corrected chi connectivity index (χ1v) is 6.99. The van der Waals surface area contributed by atoms with Gasteiger partial charge in [0.15, 0.2) is 0 Å². The summed E-state index contributed by atoms with van der Waals surface area (Å²) in [6.07, 6.45) is 4.32. The van der Waals surface area contributed by atoms with Gasteiger partial charge in [0, 0.05) is 18.9 Å². The van der Waals surface area contributed by atoms with Gasteiger partial charge in [-0.2, -0.15) is 0 Å². The van der Waals surface area contributed by atoms with Crippen LogP contribution in [0.1, 0.15) is 15.9 Å². The van der Waals surface area contributed by atoms with E-state index in [4.69, 9.17) is 4.74 Å². The topological polar surface area (TPSA) is 101 Å². The molecule has 1 aromatic heterocycles. The van der Waals surface area contributed by atoms with Gasteiger partial charge in [0.2, 0.25) is 0 Å². The molecule has 1 amide bonds. The summed E-state index contributed by atoms with van der Waals surface area (Å²) in [5, 5.41) is 12.0. The first-order valence-electron chi connectivity index (χ1n) is 6.99. The maximum absolute atomic E-state index is 11.9. The number of carbonyl (C=O) groups is 2. The van der Waals surface area contributed by atoms with Crippen molar-refractivity contribution in [2.75, 3.05) is 13.7 Å². The van der Waals surface area contributed by atoms with Gasteiger partial charge in [-0.15, -0.1) is 0 Å². The van der Waals surface area contributed by atoms with E-state index in [0.717, 1.165) is 5.56 Å². The number of carboxylic acid groups (broad SMARTS) is 1. The lowest BCUT2D eigenvalue weighted by Crippen LogP contribution is -2.34. The fraction of sp³-hybridized carbons (Fsp3) is 0.250. The predicted octanol–water partition coefficient (Wildman–Crippen LogP) is 1.16. The zero-order valence-electron chi connectivity index (χ0n) is 12.6. The van der Waals surface area contributed by atoms with E-state index in [1.165, 1.54) is 25.8 Å². The Kier molecular flexibility index (Phi) is 5.62. The van der Waals surface area contributed by atoms with Crippen LogP contribution < -0.4 is 10.1 Å². The molecule has 0 fully saturated rings. The van der Waals surface area contributed by atoms with E-state index in [0.29, 0.717) is 5.75 Å². The molecule has 2 N–H and O–H groups in total. The maximum atomic E-state index is 11.9. The Labute approximate surface area is 133 Å². The highest BCUT2D eigenvalue weighted by Crippen LogP contribution is 2.21. The largest absolute Gasteiger partial charge is 0.496 e. The average Bonchev–Trinajstić information content (AvgIpc) is 2.59. The summed E-state index contributed by atoms with van der Waals surface area (Å²) in [6.45, 7) is 0.00110. The predicted molar refractivity (Wildman–Crippen MR) is 82.2 cm³/mol. The van der Waals surface area contributed by atoms with E-state index >= 15 is 0 Å². The Morgan fingerprint density at radius 1 is 1.26 bits per heavy atom. The fourth-order valence-electron chi connectivity index (χ4n) is 2.12. The zero-order valence-corrected chi connectivity index (χ0v) is 12.6. The second kappa shape index (κ2) is 7.88. The molecule has 2 aromatic rings. The number of hydrogen-bond acceptors (Lipinski definition) is 5. The Morgan fingerprint density at radius 3 is 2.61 bits per heavy atom. The van der Waals surface area contributed by atoms with Crippen LogP contribution in [0, 0.1) is 5.92 Å². The molecule has 0 aliphatic carbocycles. The van der Waals surface area contributed by atoms with Crippen LogP contribution in [0.4, 0.5) is 0 Å². The first-order chi connectivity index (χ1) is 11.1. The van der Waals surface area contributed by atoms with E-state index in [1.54, 1.807) is 6.07 Å². The van der Waals surface area contributed by atoms with E-state index in [9.17, 15) is 14.7 Å². The molecule has 0 spiro atoms. The van der Waals surface area contributed by atoms with Crippen molar-refractivity contribution in [2.45, 2.75) is 6.42 Å². The SMILES string of the molecule is COc1ccccc1CC(CNC(=O)c1cncnc1)C(=O)O. The quantitative estimate of drug-likeness (QED) is 0.795. The summed E-state index contributed by atoms with van der Waals surface area (Å²) in [5.41, 5.74) is 1.06. The van der Waals surface area contributed by atoms with Gasteiger partial charge in [0.05, 0.1) is 18.6 Å². The first kappa shape index (κ1) is 16.4. The van der Waals surface area contributed by atoms with Crippen molar-refractivity contribution >= 4 is 11.9 Å². The summed E-state index contributed by atoms with van der Waals surface area (Å²) in [6, 6.07) is 7.21. The molecule has 7 nitrogen and oxygen atoms in total. The molecule has 0 aliphatic heterocycles. The minimum atomic E-state index is -0.986. The summed E-state index contributed by atoms with van der Waals surface area (Å²) in [5.74, 6) is -1.53. The fourth-order valence-corrected chi connectivity index (χ4v) is 2.12. The molecule has 1 unspecified atom stereocenters. The second-order valence-electron chi connectivity index (χ2n) is 4.89. The van der Waals surface area contributed by atoms with E-state index in [-0.39, 0.29) is 18.5 Å². The molecule has 0 radical (unpaired) electrons. The summed E-state index contributed by atoms with van der Waals surface area (Å²) in [7, 11) is 1.53. The number of hydrogen-bond donors (Lipinski definition) is 2. The highest BCUT2D eigenvalue weighted by atomic mass is 16.5. The Morgan fingerprint density at radius 2 is 1.96 bits per heavy atom. The van der Waals surface area contributed by atoms with Crippen molar-refractivity contribution in [1.29, 1.82) is 0 Å². The number of amides is 1. The number of aromatic nitrogens is 2. The molecule has 2 rings (SSSR count). The molecule has 120 valence electrons. The number of carboxylic acids is 1. The van der Waals surface area contributed by atoms with Crippen LogP contribution in [0.3, 0.4) is 0 Å². The van der Waals surface area contributed by atoms with Gasteiger partial charge in [-0.25, -0.2) is 9.97 Å². The lowest BCUT2D eigenvalue weighted by atomic mass is 9.98. The molecular weight excluding hydrogens is 298 g/mol. The number of ether oxygens (including phenoxy) is 1. The highest BCUT2D eigenvalue weighted by Gasteiger charge is 2.21. The van der Waals surface area contributed by atoms with Gasteiger partial charge in [0.25, 0.3) is 5.91 Å². The smallest absolute Gasteiger partial charge is 0.308 e. The van der Waals surface area contributed by atoms with Crippen LogP contribution >= 0.6 is 0 Å². The molecule has 1 aromatic carbocycles. The van der Waals surface area contributed by atoms with Crippen LogP contribution in [0.25, 0.3) is 0 Å². The number of rotatable bonds is 7. The van der Waals surface area contributed by atoms with Crippen molar-refractivity contribution in [2.24, 2.45) is 5.92 Å². The molecule has 0 saturated heterocycles. The molecule has 1 atom stereocenters. The minimum Gasteiger partial charge on any atom is -0.496 e. The van der Waals surface area contributed by atoms with Crippen molar-refractivity contribution in [3.8, 4) is 5.75 Å². The Bertz CT molecular complexity index is 676. The number of para-hydroxylation sites is 1. The second-order valence-corrected chi connectivity index (χ2v) is 4.89. The minimum absolute atomic E-state index is 0.00110. The molecule has 7 heteroatoms. The Hall–Kier alpha value is -2.96. The van der Waals surface area contributed by atoms with Crippen molar-refractivity contribution in [1.82, 2.24) is 15.3 Å². The van der Waals surface area contributed by atoms with Crippen molar-refractivity contribution < 1.29 is 19.4 Å². The number of methoxy groups -OCH3 is 1. The van der Waals surface area contributed by atoms with E-state index < -0.39 is 17.8 Å². The lowest BCUT2D eigenvalue weighted by molar-refractivity contribution is -0.141. The van der Waals surface area contributed by atoms with E-state index in [1.807, 2.05) is 18.2 Å². The van der Waals surface area contributed by atoms with Crippen LogP contribution in [0.15, 0.2) is 43.0 Å². The van der Waals surface area contributed by atoms with Gasteiger partial charge in [-0.3, -0.25) is 9.59 Å².